The molecule has 0 aliphatic heterocycles. The van der Waals surface area contributed by atoms with E-state index in [-0.39, 0.29) is 17.5 Å². The van der Waals surface area contributed by atoms with Gasteiger partial charge in [0.25, 0.3) is 0 Å². The first-order valence-electron chi connectivity index (χ1n) is 7.82. The van der Waals surface area contributed by atoms with E-state index >= 15 is 0 Å². The number of aryl methyl sites for hydroxylation is 1. The SMILES string of the molecule is CC(=O)NC(c1nc(-c2ccc(=O)n(C)c2)no1)C1CCCC1. The summed E-state index contributed by atoms with van der Waals surface area (Å²) < 4.78 is 6.87. The summed E-state index contributed by atoms with van der Waals surface area (Å²) in [6.45, 7) is 1.49. The van der Waals surface area contributed by atoms with Crippen LogP contribution in [0, 0.1) is 5.92 Å². The molecule has 0 saturated heterocycles. The van der Waals surface area contributed by atoms with Gasteiger partial charge in [-0.25, -0.2) is 0 Å². The molecule has 1 N–H and O–H groups in total. The Morgan fingerprint density at radius 3 is 2.78 bits per heavy atom. The lowest BCUT2D eigenvalue weighted by atomic mass is 9.98. The monoisotopic (exact) mass is 316 g/mol. The molecule has 7 nitrogen and oxygen atoms in total. The minimum absolute atomic E-state index is 0.0976. The Morgan fingerprint density at radius 1 is 1.39 bits per heavy atom. The van der Waals surface area contributed by atoms with Crippen LogP contribution in [0.3, 0.4) is 0 Å². The van der Waals surface area contributed by atoms with Crippen molar-refractivity contribution in [1.82, 2.24) is 20.0 Å². The molecular weight excluding hydrogens is 296 g/mol. The van der Waals surface area contributed by atoms with Crippen molar-refractivity contribution in [3.05, 3.63) is 34.6 Å². The molecule has 1 atom stereocenters. The van der Waals surface area contributed by atoms with Crippen LogP contribution in [-0.2, 0) is 11.8 Å². The second-order valence-corrected chi connectivity index (χ2v) is 6.05. The van der Waals surface area contributed by atoms with Crippen LogP contribution in [0.4, 0.5) is 0 Å². The second kappa shape index (κ2) is 6.36. The lowest BCUT2D eigenvalue weighted by molar-refractivity contribution is -0.120. The summed E-state index contributed by atoms with van der Waals surface area (Å²) in [5, 5.41) is 6.94. The van der Waals surface area contributed by atoms with Gasteiger partial charge >= 0.3 is 0 Å². The fourth-order valence-electron chi connectivity index (χ4n) is 3.10. The van der Waals surface area contributed by atoms with E-state index in [1.165, 1.54) is 17.6 Å². The molecule has 0 aromatic carbocycles. The minimum Gasteiger partial charge on any atom is -0.344 e. The lowest BCUT2D eigenvalue weighted by Gasteiger charge is -2.20. The van der Waals surface area contributed by atoms with E-state index in [4.69, 9.17) is 4.52 Å². The number of aromatic nitrogens is 3. The van der Waals surface area contributed by atoms with Crippen LogP contribution in [0.2, 0.25) is 0 Å². The number of hydrogen-bond acceptors (Lipinski definition) is 5. The summed E-state index contributed by atoms with van der Waals surface area (Å²) in [5.41, 5.74) is 0.606. The average Bonchev–Trinajstić information content (AvgIpc) is 3.18. The molecule has 1 saturated carbocycles. The van der Waals surface area contributed by atoms with Gasteiger partial charge in [0.1, 0.15) is 6.04 Å². The maximum absolute atomic E-state index is 11.5. The topological polar surface area (TPSA) is 90.0 Å². The van der Waals surface area contributed by atoms with Gasteiger partial charge in [-0.1, -0.05) is 18.0 Å². The van der Waals surface area contributed by atoms with Crippen molar-refractivity contribution in [2.75, 3.05) is 0 Å². The Bertz CT molecular complexity index is 759. The maximum atomic E-state index is 11.5. The molecule has 1 aliphatic carbocycles. The van der Waals surface area contributed by atoms with E-state index < -0.39 is 0 Å². The molecule has 3 rings (SSSR count). The van der Waals surface area contributed by atoms with Gasteiger partial charge in [0.15, 0.2) is 0 Å². The summed E-state index contributed by atoms with van der Waals surface area (Å²) >= 11 is 0. The molecule has 1 fully saturated rings. The van der Waals surface area contributed by atoms with Crippen molar-refractivity contribution in [1.29, 1.82) is 0 Å². The largest absolute Gasteiger partial charge is 0.344 e. The normalized spacial score (nSPS) is 16.4. The summed E-state index contributed by atoms with van der Waals surface area (Å²) in [4.78, 5) is 27.4. The number of amides is 1. The van der Waals surface area contributed by atoms with Gasteiger partial charge in [-0.15, -0.1) is 0 Å². The highest BCUT2D eigenvalue weighted by Crippen LogP contribution is 2.35. The van der Waals surface area contributed by atoms with E-state index in [1.807, 2.05) is 0 Å². The molecule has 2 aromatic rings. The highest BCUT2D eigenvalue weighted by Gasteiger charge is 2.31. The zero-order valence-electron chi connectivity index (χ0n) is 13.3. The van der Waals surface area contributed by atoms with Crippen LogP contribution < -0.4 is 10.9 Å². The van der Waals surface area contributed by atoms with E-state index in [2.05, 4.69) is 15.5 Å². The van der Waals surface area contributed by atoms with Crippen molar-refractivity contribution in [2.45, 2.75) is 38.6 Å². The number of carbonyl (C=O) groups is 1. The molecule has 0 spiro atoms. The quantitative estimate of drug-likeness (QED) is 0.929. The molecule has 2 aromatic heterocycles. The average molecular weight is 316 g/mol. The van der Waals surface area contributed by atoms with Crippen molar-refractivity contribution in [3.8, 4) is 11.4 Å². The highest BCUT2D eigenvalue weighted by molar-refractivity contribution is 5.73. The third-order valence-corrected chi connectivity index (χ3v) is 4.28. The molecule has 122 valence electrons. The molecule has 23 heavy (non-hydrogen) atoms. The fourth-order valence-corrected chi connectivity index (χ4v) is 3.10. The molecule has 0 bridgehead atoms. The van der Waals surface area contributed by atoms with Gasteiger partial charge in [0.05, 0.1) is 0 Å². The van der Waals surface area contributed by atoms with Crippen molar-refractivity contribution < 1.29 is 9.32 Å². The maximum Gasteiger partial charge on any atom is 0.250 e. The molecule has 2 heterocycles. The molecule has 1 unspecified atom stereocenters. The Balaban J connectivity index is 1.89. The van der Waals surface area contributed by atoms with Gasteiger partial charge in [0.2, 0.25) is 23.2 Å². The van der Waals surface area contributed by atoms with Crippen LogP contribution in [-0.4, -0.2) is 20.6 Å². The highest BCUT2D eigenvalue weighted by atomic mass is 16.5. The van der Waals surface area contributed by atoms with Crippen LogP contribution in [0.25, 0.3) is 11.4 Å². The fraction of sp³-hybridized carbons (Fsp3) is 0.500. The Hall–Kier alpha value is -2.44. The molecular formula is C16H20N4O3. The first-order valence-corrected chi connectivity index (χ1v) is 7.82. The van der Waals surface area contributed by atoms with Crippen molar-refractivity contribution >= 4 is 5.91 Å². The Labute approximate surface area is 133 Å². The Kier molecular flexibility index (Phi) is 4.27. The van der Waals surface area contributed by atoms with Crippen LogP contribution in [0.1, 0.15) is 44.5 Å². The molecule has 1 amide bonds. The van der Waals surface area contributed by atoms with E-state index in [9.17, 15) is 9.59 Å². The number of pyridine rings is 1. The summed E-state index contributed by atoms with van der Waals surface area (Å²) in [7, 11) is 1.67. The van der Waals surface area contributed by atoms with Gasteiger partial charge < -0.3 is 14.4 Å². The summed E-state index contributed by atoms with van der Waals surface area (Å²) in [6.07, 6.45) is 6.07. The third-order valence-electron chi connectivity index (χ3n) is 4.28. The number of rotatable bonds is 4. The summed E-state index contributed by atoms with van der Waals surface area (Å²) in [6, 6.07) is 2.89. The second-order valence-electron chi connectivity index (χ2n) is 6.05. The lowest BCUT2D eigenvalue weighted by Crippen LogP contribution is -2.31. The smallest absolute Gasteiger partial charge is 0.250 e. The number of hydrogen-bond donors (Lipinski definition) is 1. The Morgan fingerprint density at radius 2 is 2.13 bits per heavy atom. The molecule has 0 radical (unpaired) electrons. The first kappa shape index (κ1) is 15.5. The molecule has 1 aliphatic rings. The zero-order valence-corrected chi connectivity index (χ0v) is 13.3. The van der Waals surface area contributed by atoms with Gasteiger partial charge in [-0.3, -0.25) is 9.59 Å². The van der Waals surface area contributed by atoms with E-state index in [0.29, 0.717) is 23.2 Å². The van der Waals surface area contributed by atoms with Crippen molar-refractivity contribution in [3.63, 3.8) is 0 Å². The number of nitrogens with zero attached hydrogens (tertiary/aromatic N) is 3. The first-order chi connectivity index (χ1) is 11.0. The van der Waals surface area contributed by atoms with Gasteiger partial charge in [0, 0.05) is 31.8 Å². The standard InChI is InChI=1S/C16H20N4O3/c1-10(21)17-14(11-5-3-4-6-11)16-18-15(19-23-16)12-7-8-13(22)20(2)9-12/h7-9,11,14H,3-6H2,1-2H3,(H,17,21). The van der Waals surface area contributed by atoms with Crippen LogP contribution >= 0.6 is 0 Å². The number of carbonyl (C=O) groups excluding carboxylic acids is 1. The van der Waals surface area contributed by atoms with Crippen LogP contribution in [0.15, 0.2) is 27.6 Å². The summed E-state index contributed by atoms with van der Waals surface area (Å²) in [5.74, 6) is 1.07. The van der Waals surface area contributed by atoms with Crippen molar-refractivity contribution in [2.24, 2.45) is 13.0 Å². The predicted molar refractivity (Wildman–Crippen MR) is 83.5 cm³/mol. The zero-order chi connectivity index (χ0) is 16.4. The minimum atomic E-state index is -0.246. The van der Waals surface area contributed by atoms with E-state index in [1.54, 1.807) is 19.3 Å². The van der Waals surface area contributed by atoms with Crippen LogP contribution in [0.5, 0.6) is 0 Å². The van der Waals surface area contributed by atoms with E-state index in [0.717, 1.165) is 25.7 Å². The third kappa shape index (κ3) is 3.33. The number of nitrogens with one attached hydrogen (secondary N) is 1. The predicted octanol–water partition coefficient (Wildman–Crippen LogP) is 1.80. The molecule has 7 heteroatoms. The van der Waals surface area contributed by atoms with Gasteiger partial charge in [-0.2, -0.15) is 4.98 Å². The van der Waals surface area contributed by atoms with Gasteiger partial charge in [-0.05, 0) is 24.8 Å².